The molecular formula is C21H26N4O2. The highest BCUT2D eigenvalue weighted by Gasteiger charge is 2.23. The van der Waals surface area contributed by atoms with Crippen LogP contribution in [0, 0.1) is 0 Å². The summed E-state index contributed by atoms with van der Waals surface area (Å²) in [6, 6.07) is 17.5. The molecule has 3 rings (SSSR count). The number of nitrogens with one attached hydrogen (secondary N) is 3. The van der Waals surface area contributed by atoms with E-state index in [1.807, 2.05) is 36.4 Å². The van der Waals surface area contributed by atoms with E-state index in [1.54, 1.807) is 24.3 Å². The maximum Gasteiger partial charge on any atom is 0.252 e. The Bertz CT molecular complexity index is 730. The third-order valence-electron chi connectivity index (χ3n) is 4.64. The van der Waals surface area contributed by atoms with Crippen LogP contribution in [0.5, 0.6) is 0 Å². The Hall–Kier alpha value is -2.70. The molecule has 1 heterocycles. The van der Waals surface area contributed by atoms with E-state index in [0.717, 1.165) is 38.3 Å². The summed E-state index contributed by atoms with van der Waals surface area (Å²) >= 11 is 0. The van der Waals surface area contributed by atoms with Crippen molar-refractivity contribution in [1.82, 2.24) is 20.9 Å². The van der Waals surface area contributed by atoms with Crippen LogP contribution in [0.2, 0.25) is 0 Å². The smallest absolute Gasteiger partial charge is 0.252 e. The lowest BCUT2D eigenvalue weighted by Gasteiger charge is -2.27. The molecule has 6 nitrogen and oxygen atoms in total. The molecule has 2 amide bonds. The Kier molecular flexibility index (Phi) is 6.96. The number of carbonyl (C=O) groups is 2. The number of amides is 2. The maximum atomic E-state index is 12.8. The van der Waals surface area contributed by atoms with Gasteiger partial charge in [-0.15, -0.1) is 0 Å². The van der Waals surface area contributed by atoms with Crippen molar-refractivity contribution in [2.45, 2.75) is 6.04 Å². The summed E-state index contributed by atoms with van der Waals surface area (Å²) in [4.78, 5) is 27.7. The molecule has 6 heteroatoms. The summed E-state index contributed by atoms with van der Waals surface area (Å²) in [5.74, 6) is -0.456. The average Bonchev–Trinajstić information content (AvgIpc) is 2.74. The quantitative estimate of drug-likeness (QED) is 0.688. The average molecular weight is 366 g/mol. The standard InChI is InChI=1S/C21H26N4O2/c26-20(18-9-5-2-6-10-18)24-19(17-7-3-1-4-8-17)21(27)23-13-16-25-14-11-22-12-15-25/h1-10,19,22H,11-16H2,(H,23,27)(H,24,26). The fourth-order valence-corrected chi connectivity index (χ4v) is 3.12. The second-order valence-electron chi connectivity index (χ2n) is 6.57. The first-order valence-corrected chi connectivity index (χ1v) is 9.35. The molecule has 0 bridgehead atoms. The van der Waals surface area contributed by atoms with E-state index in [9.17, 15) is 9.59 Å². The number of carbonyl (C=O) groups excluding carboxylic acids is 2. The summed E-state index contributed by atoms with van der Waals surface area (Å²) in [7, 11) is 0. The monoisotopic (exact) mass is 366 g/mol. The molecule has 2 aromatic rings. The molecule has 2 aromatic carbocycles. The second-order valence-corrected chi connectivity index (χ2v) is 6.57. The summed E-state index contributed by atoms with van der Waals surface area (Å²) in [6.07, 6.45) is 0. The SMILES string of the molecule is O=C(NC(C(=O)NCCN1CCNCC1)c1ccccc1)c1ccccc1. The molecular weight excluding hydrogens is 340 g/mol. The lowest BCUT2D eigenvalue weighted by atomic mass is 10.1. The van der Waals surface area contributed by atoms with Crippen LogP contribution < -0.4 is 16.0 Å². The molecule has 1 aliphatic heterocycles. The maximum absolute atomic E-state index is 12.8. The van der Waals surface area contributed by atoms with E-state index in [0.29, 0.717) is 12.1 Å². The number of nitrogens with zero attached hydrogens (tertiary/aromatic N) is 1. The Morgan fingerprint density at radius 2 is 1.59 bits per heavy atom. The first kappa shape index (κ1) is 19.1. The van der Waals surface area contributed by atoms with Gasteiger partial charge in [0.1, 0.15) is 6.04 Å². The molecule has 1 unspecified atom stereocenters. The molecule has 0 saturated carbocycles. The molecule has 1 fully saturated rings. The van der Waals surface area contributed by atoms with Crippen molar-refractivity contribution in [1.29, 1.82) is 0 Å². The molecule has 0 aromatic heterocycles. The lowest BCUT2D eigenvalue weighted by Crippen LogP contribution is -2.47. The van der Waals surface area contributed by atoms with E-state index < -0.39 is 6.04 Å². The van der Waals surface area contributed by atoms with Gasteiger partial charge < -0.3 is 16.0 Å². The number of hydrogen-bond donors (Lipinski definition) is 3. The van der Waals surface area contributed by atoms with Gasteiger partial charge in [-0.25, -0.2) is 0 Å². The van der Waals surface area contributed by atoms with Gasteiger partial charge in [-0.1, -0.05) is 48.5 Å². The van der Waals surface area contributed by atoms with E-state index in [-0.39, 0.29) is 11.8 Å². The minimum absolute atomic E-state index is 0.194. The highest BCUT2D eigenvalue weighted by Crippen LogP contribution is 2.14. The van der Waals surface area contributed by atoms with Gasteiger partial charge in [-0.3, -0.25) is 14.5 Å². The minimum atomic E-state index is -0.720. The summed E-state index contributed by atoms with van der Waals surface area (Å²) < 4.78 is 0. The van der Waals surface area contributed by atoms with Crippen LogP contribution in [0.15, 0.2) is 60.7 Å². The molecule has 27 heavy (non-hydrogen) atoms. The second kappa shape index (κ2) is 9.85. The largest absolute Gasteiger partial charge is 0.353 e. The van der Waals surface area contributed by atoms with Gasteiger partial charge in [0, 0.05) is 44.8 Å². The van der Waals surface area contributed by atoms with E-state index in [2.05, 4.69) is 20.9 Å². The van der Waals surface area contributed by atoms with Crippen LogP contribution in [0.4, 0.5) is 0 Å². The van der Waals surface area contributed by atoms with E-state index >= 15 is 0 Å². The first-order chi connectivity index (χ1) is 13.2. The summed E-state index contributed by atoms with van der Waals surface area (Å²) in [6.45, 7) is 5.30. The number of hydrogen-bond acceptors (Lipinski definition) is 4. The molecule has 1 aliphatic rings. The van der Waals surface area contributed by atoms with Crippen LogP contribution >= 0.6 is 0 Å². The van der Waals surface area contributed by atoms with Crippen LogP contribution in [0.1, 0.15) is 22.0 Å². The van der Waals surface area contributed by atoms with Crippen molar-refractivity contribution in [3.63, 3.8) is 0 Å². The fourth-order valence-electron chi connectivity index (χ4n) is 3.12. The van der Waals surface area contributed by atoms with Gasteiger partial charge in [0.15, 0.2) is 0 Å². The predicted molar refractivity (Wildman–Crippen MR) is 105 cm³/mol. The van der Waals surface area contributed by atoms with Crippen LogP contribution in [-0.4, -0.2) is 56.0 Å². The van der Waals surface area contributed by atoms with Crippen LogP contribution in [0.3, 0.4) is 0 Å². The van der Waals surface area contributed by atoms with Crippen molar-refractivity contribution in [3.05, 3.63) is 71.8 Å². The lowest BCUT2D eigenvalue weighted by molar-refractivity contribution is -0.123. The number of piperazine rings is 1. The van der Waals surface area contributed by atoms with Gasteiger partial charge in [-0.2, -0.15) is 0 Å². The third-order valence-corrected chi connectivity index (χ3v) is 4.64. The normalized spacial score (nSPS) is 15.7. The van der Waals surface area contributed by atoms with Crippen LogP contribution in [-0.2, 0) is 4.79 Å². The van der Waals surface area contributed by atoms with Gasteiger partial charge in [0.05, 0.1) is 0 Å². The molecule has 1 atom stereocenters. The molecule has 0 radical (unpaired) electrons. The fraction of sp³-hybridized carbons (Fsp3) is 0.333. The minimum Gasteiger partial charge on any atom is -0.353 e. The Balaban J connectivity index is 1.62. The molecule has 3 N–H and O–H groups in total. The van der Waals surface area contributed by atoms with Gasteiger partial charge >= 0.3 is 0 Å². The number of benzene rings is 2. The molecule has 0 spiro atoms. The van der Waals surface area contributed by atoms with E-state index in [4.69, 9.17) is 0 Å². The van der Waals surface area contributed by atoms with Crippen LogP contribution in [0.25, 0.3) is 0 Å². The Labute approximate surface area is 159 Å². The van der Waals surface area contributed by atoms with Crippen molar-refractivity contribution < 1.29 is 9.59 Å². The first-order valence-electron chi connectivity index (χ1n) is 9.35. The topological polar surface area (TPSA) is 73.5 Å². The third kappa shape index (κ3) is 5.64. The van der Waals surface area contributed by atoms with Crippen molar-refractivity contribution in [3.8, 4) is 0 Å². The summed E-state index contributed by atoms with van der Waals surface area (Å²) in [5, 5.41) is 9.15. The highest BCUT2D eigenvalue weighted by molar-refractivity contribution is 5.97. The highest BCUT2D eigenvalue weighted by atomic mass is 16.2. The molecule has 142 valence electrons. The summed E-state index contributed by atoms with van der Waals surface area (Å²) in [5.41, 5.74) is 1.30. The molecule has 1 saturated heterocycles. The molecule has 0 aliphatic carbocycles. The van der Waals surface area contributed by atoms with E-state index in [1.165, 1.54) is 0 Å². The Morgan fingerprint density at radius 1 is 0.963 bits per heavy atom. The zero-order valence-corrected chi connectivity index (χ0v) is 15.4. The predicted octanol–water partition coefficient (Wildman–Crippen LogP) is 1.18. The van der Waals surface area contributed by atoms with Crippen molar-refractivity contribution in [2.24, 2.45) is 0 Å². The van der Waals surface area contributed by atoms with Crippen molar-refractivity contribution in [2.75, 3.05) is 39.3 Å². The Morgan fingerprint density at radius 3 is 2.26 bits per heavy atom. The number of rotatable bonds is 7. The van der Waals surface area contributed by atoms with Crippen molar-refractivity contribution >= 4 is 11.8 Å². The zero-order valence-electron chi connectivity index (χ0n) is 15.4. The zero-order chi connectivity index (χ0) is 18.9. The van der Waals surface area contributed by atoms with Gasteiger partial charge in [0.2, 0.25) is 5.91 Å². The van der Waals surface area contributed by atoms with Gasteiger partial charge in [0.25, 0.3) is 5.91 Å². The van der Waals surface area contributed by atoms with Gasteiger partial charge in [-0.05, 0) is 17.7 Å².